The molecule has 1 aromatic carbocycles. The van der Waals surface area contributed by atoms with Crippen LogP contribution in [0.25, 0.3) is 0 Å². The van der Waals surface area contributed by atoms with Crippen molar-refractivity contribution < 1.29 is 9.84 Å². The number of hydrogen-bond acceptors (Lipinski definition) is 3. The van der Waals surface area contributed by atoms with E-state index in [1.165, 1.54) is 19.3 Å². The van der Waals surface area contributed by atoms with E-state index in [1.807, 2.05) is 12.1 Å². The second-order valence-corrected chi connectivity index (χ2v) is 6.10. The summed E-state index contributed by atoms with van der Waals surface area (Å²) < 4.78 is 5.50. The maximum Gasteiger partial charge on any atom is 0.138 e. The van der Waals surface area contributed by atoms with Crippen molar-refractivity contribution in [2.45, 2.75) is 32.3 Å². The Bertz CT molecular complexity index is 407. The van der Waals surface area contributed by atoms with Crippen molar-refractivity contribution in [1.29, 1.82) is 0 Å². The smallest absolute Gasteiger partial charge is 0.138 e. The molecule has 1 saturated carbocycles. The molecule has 0 bridgehead atoms. The van der Waals surface area contributed by atoms with Gasteiger partial charge in [0.15, 0.2) is 0 Å². The Kier molecular flexibility index (Phi) is 5.08. The maximum absolute atomic E-state index is 9.86. The Morgan fingerprint density at radius 2 is 2.16 bits per heavy atom. The van der Waals surface area contributed by atoms with E-state index >= 15 is 0 Å². The topological polar surface area (TPSA) is 41.5 Å². The highest BCUT2D eigenvalue weighted by Gasteiger charge is 2.31. The highest BCUT2D eigenvalue weighted by atomic mass is 35.5. The number of nitrogens with one attached hydrogen (secondary N) is 1. The lowest BCUT2D eigenvalue weighted by Crippen LogP contribution is -2.41. The SMILES string of the molecule is CC1(CNCC(O)COc2ccccc2Cl)CCC1. The van der Waals surface area contributed by atoms with Crippen LogP contribution in [-0.4, -0.2) is 30.9 Å². The minimum atomic E-state index is -0.514. The van der Waals surface area contributed by atoms with Gasteiger partial charge in [0.25, 0.3) is 0 Å². The molecule has 0 heterocycles. The van der Waals surface area contributed by atoms with Gasteiger partial charge in [-0.1, -0.05) is 37.1 Å². The monoisotopic (exact) mass is 283 g/mol. The Morgan fingerprint density at radius 1 is 1.42 bits per heavy atom. The molecule has 0 radical (unpaired) electrons. The minimum Gasteiger partial charge on any atom is -0.489 e. The molecule has 0 aromatic heterocycles. The Balaban J connectivity index is 1.64. The Hall–Kier alpha value is -0.770. The number of hydrogen-bond donors (Lipinski definition) is 2. The average Bonchev–Trinajstić information content (AvgIpc) is 2.36. The van der Waals surface area contributed by atoms with Gasteiger partial charge in [-0.05, 0) is 30.4 Å². The summed E-state index contributed by atoms with van der Waals surface area (Å²) in [5.74, 6) is 0.620. The molecular weight excluding hydrogens is 262 g/mol. The molecule has 0 amide bonds. The van der Waals surface area contributed by atoms with Gasteiger partial charge in [-0.15, -0.1) is 0 Å². The van der Waals surface area contributed by atoms with Crippen molar-refractivity contribution in [1.82, 2.24) is 5.32 Å². The minimum absolute atomic E-state index is 0.257. The molecule has 1 aromatic rings. The molecule has 3 nitrogen and oxygen atoms in total. The van der Waals surface area contributed by atoms with Crippen LogP contribution in [0.3, 0.4) is 0 Å². The number of rotatable bonds is 7. The zero-order chi connectivity index (χ0) is 13.7. The quantitative estimate of drug-likeness (QED) is 0.808. The van der Waals surface area contributed by atoms with E-state index in [2.05, 4.69) is 12.2 Å². The molecule has 1 fully saturated rings. The van der Waals surface area contributed by atoms with Crippen molar-refractivity contribution >= 4 is 11.6 Å². The molecule has 1 aliphatic carbocycles. The van der Waals surface area contributed by atoms with Gasteiger partial charge in [0.2, 0.25) is 0 Å². The van der Waals surface area contributed by atoms with Gasteiger partial charge in [-0.2, -0.15) is 0 Å². The average molecular weight is 284 g/mol. The summed E-state index contributed by atoms with van der Waals surface area (Å²) >= 11 is 5.98. The first-order valence-electron chi connectivity index (χ1n) is 6.85. The Labute approximate surface area is 119 Å². The summed E-state index contributed by atoms with van der Waals surface area (Å²) in [7, 11) is 0. The van der Waals surface area contributed by atoms with E-state index in [0.29, 0.717) is 22.7 Å². The number of aliphatic hydroxyl groups excluding tert-OH is 1. The van der Waals surface area contributed by atoms with Crippen molar-refractivity contribution in [3.63, 3.8) is 0 Å². The predicted octanol–water partition coefficient (Wildman–Crippen LogP) is 2.86. The maximum atomic E-state index is 9.86. The molecular formula is C15H22ClNO2. The van der Waals surface area contributed by atoms with Crippen LogP contribution in [-0.2, 0) is 0 Å². The molecule has 106 valence electrons. The number of para-hydroxylation sites is 1. The van der Waals surface area contributed by atoms with Gasteiger partial charge in [0.05, 0.1) is 5.02 Å². The van der Waals surface area contributed by atoms with E-state index in [9.17, 15) is 5.11 Å². The second kappa shape index (κ2) is 6.60. The zero-order valence-corrected chi connectivity index (χ0v) is 12.1. The van der Waals surface area contributed by atoms with E-state index in [0.717, 1.165) is 6.54 Å². The summed E-state index contributed by atoms with van der Waals surface area (Å²) in [6.07, 6.45) is 3.38. The fraction of sp³-hybridized carbons (Fsp3) is 0.600. The highest BCUT2D eigenvalue weighted by molar-refractivity contribution is 6.32. The zero-order valence-electron chi connectivity index (χ0n) is 11.4. The first-order chi connectivity index (χ1) is 9.09. The van der Waals surface area contributed by atoms with Gasteiger partial charge in [0.1, 0.15) is 18.5 Å². The van der Waals surface area contributed by atoms with Crippen LogP contribution in [0.2, 0.25) is 5.02 Å². The van der Waals surface area contributed by atoms with Crippen molar-refractivity contribution in [3.8, 4) is 5.75 Å². The fourth-order valence-electron chi connectivity index (χ4n) is 2.30. The van der Waals surface area contributed by atoms with E-state index in [4.69, 9.17) is 16.3 Å². The first-order valence-corrected chi connectivity index (χ1v) is 7.23. The molecule has 0 saturated heterocycles. The van der Waals surface area contributed by atoms with E-state index < -0.39 is 6.10 Å². The van der Waals surface area contributed by atoms with Gasteiger partial charge in [0, 0.05) is 13.1 Å². The molecule has 1 aliphatic rings. The van der Waals surface area contributed by atoms with Crippen LogP contribution in [0.5, 0.6) is 5.75 Å². The lowest BCUT2D eigenvalue weighted by Gasteiger charge is -2.38. The largest absolute Gasteiger partial charge is 0.489 e. The summed E-state index contributed by atoms with van der Waals surface area (Å²) in [5, 5.41) is 13.7. The van der Waals surface area contributed by atoms with Crippen molar-refractivity contribution in [3.05, 3.63) is 29.3 Å². The molecule has 2 N–H and O–H groups in total. The van der Waals surface area contributed by atoms with Crippen LogP contribution in [0.15, 0.2) is 24.3 Å². The Morgan fingerprint density at radius 3 is 2.79 bits per heavy atom. The van der Waals surface area contributed by atoms with Crippen molar-refractivity contribution in [2.24, 2.45) is 5.41 Å². The van der Waals surface area contributed by atoms with Crippen molar-refractivity contribution in [2.75, 3.05) is 19.7 Å². The van der Waals surface area contributed by atoms with Crippen LogP contribution in [0.1, 0.15) is 26.2 Å². The lowest BCUT2D eigenvalue weighted by atomic mass is 9.70. The van der Waals surface area contributed by atoms with Crippen LogP contribution in [0, 0.1) is 5.41 Å². The molecule has 19 heavy (non-hydrogen) atoms. The van der Waals surface area contributed by atoms with E-state index in [1.54, 1.807) is 12.1 Å². The third kappa shape index (κ3) is 4.37. The number of benzene rings is 1. The summed E-state index contributed by atoms with van der Waals surface area (Å²) in [4.78, 5) is 0. The van der Waals surface area contributed by atoms with Crippen LogP contribution in [0.4, 0.5) is 0 Å². The van der Waals surface area contributed by atoms with Crippen LogP contribution < -0.4 is 10.1 Å². The number of halogens is 1. The molecule has 4 heteroatoms. The van der Waals surface area contributed by atoms with E-state index in [-0.39, 0.29) is 6.61 Å². The fourth-order valence-corrected chi connectivity index (χ4v) is 2.49. The first kappa shape index (κ1) is 14.6. The van der Waals surface area contributed by atoms with Gasteiger partial charge >= 0.3 is 0 Å². The molecule has 1 atom stereocenters. The molecule has 2 rings (SSSR count). The number of ether oxygens (including phenoxy) is 1. The van der Waals surface area contributed by atoms with Gasteiger partial charge < -0.3 is 15.2 Å². The normalized spacial score (nSPS) is 18.7. The third-order valence-corrected chi connectivity index (χ3v) is 4.07. The second-order valence-electron chi connectivity index (χ2n) is 5.69. The lowest BCUT2D eigenvalue weighted by molar-refractivity contribution is 0.0947. The highest BCUT2D eigenvalue weighted by Crippen LogP contribution is 2.39. The third-order valence-electron chi connectivity index (χ3n) is 3.76. The molecule has 0 aliphatic heterocycles. The van der Waals surface area contributed by atoms with Gasteiger partial charge in [-0.25, -0.2) is 0 Å². The number of aliphatic hydroxyl groups is 1. The molecule has 0 spiro atoms. The molecule has 1 unspecified atom stereocenters. The van der Waals surface area contributed by atoms with Crippen LogP contribution >= 0.6 is 11.6 Å². The van der Waals surface area contributed by atoms with Gasteiger partial charge in [-0.3, -0.25) is 0 Å². The standard InChI is InChI=1S/C15H22ClNO2/c1-15(7-4-8-15)11-17-9-12(18)10-19-14-6-3-2-5-13(14)16/h2-3,5-6,12,17-18H,4,7-11H2,1H3. The summed E-state index contributed by atoms with van der Waals surface area (Å²) in [6.45, 7) is 4.07. The summed E-state index contributed by atoms with van der Waals surface area (Å²) in [5.41, 5.74) is 0.434. The predicted molar refractivity (Wildman–Crippen MR) is 77.8 cm³/mol. The summed E-state index contributed by atoms with van der Waals surface area (Å²) in [6, 6.07) is 7.30.